The summed E-state index contributed by atoms with van der Waals surface area (Å²) in [7, 11) is 1.38. The second-order valence-electron chi connectivity index (χ2n) is 3.20. The van der Waals surface area contributed by atoms with Crippen molar-refractivity contribution in [1.82, 2.24) is 0 Å². The standard InChI is InChI=1S/C10H10ClNO2/c1-14-10(13)8-5-6-3-2-4-7(11)9(6)12-8/h2-4,8,12H,5H2,1H3. The van der Waals surface area contributed by atoms with Gasteiger partial charge in [-0.2, -0.15) is 0 Å². The molecular weight excluding hydrogens is 202 g/mol. The number of anilines is 1. The molecule has 4 heteroatoms. The number of para-hydroxylation sites is 1. The van der Waals surface area contributed by atoms with Crippen LogP contribution in [-0.4, -0.2) is 19.1 Å². The molecule has 0 fully saturated rings. The van der Waals surface area contributed by atoms with E-state index in [1.165, 1.54) is 7.11 Å². The Bertz CT molecular complexity index is 378. The average molecular weight is 212 g/mol. The highest BCUT2D eigenvalue weighted by molar-refractivity contribution is 6.33. The number of nitrogens with one attached hydrogen (secondary N) is 1. The topological polar surface area (TPSA) is 38.3 Å². The number of methoxy groups -OCH3 is 1. The van der Waals surface area contributed by atoms with Gasteiger partial charge in [0.25, 0.3) is 0 Å². The molecule has 2 rings (SSSR count). The fraction of sp³-hybridized carbons (Fsp3) is 0.300. The molecule has 1 atom stereocenters. The van der Waals surface area contributed by atoms with Gasteiger partial charge < -0.3 is 10.1 Å². The first-order valence-electron chi connectivity index (χ1n) is 4.34. The maximum absolute atomic E-state index is 11.3. The van der Waals surface area contributed by atoms with E-state index >= 15 is 0 Å². The number of hydrogen-bond donors (Lipinski definition) is 1. The summed E-state index contributed by atoms with van der Waals surface area (Å²) >= 11 is 5.97. The van der Waals surface area contributed by atoms with Gasteiger partial charge in [0, 0.05) is 6.42 Å². The molecule has 3 nitrogen and oxygen atoms in total. The van der Waals surface area contributed by atoms with Gasteiger partial charge >= 0.3 is 5.97 Å². The normalized spacial score (nSPS) is 18.6. The number of fused-ring (bicyclic) bond motifs is 1. The highest BCUT2D eigenvalue weighted by Gasteiger charge is 2.28. The van der Waals surface area contributed by atoms with Gasteiger partial charge in [-0.25, -0.2) is 4.79 Å². The highest BCUT2D eigenvalue weighted by Crippen LogP contribution is 2.32. The fourth-order valence-corrected chi connectivity index (χ4v) is 1.88. The number of hydrogen-bond acceptors (Lipinski definition) is 3. The van der Waals surface area contributed by atoms with E-state index in [0.717, 1.165) is 11.3 Å². The van der Waals surface area contributed by atoms with Crippen LogP contribution in [0.5, 0.6) is 0 Å². The summed E-state index contributed by atoms with van der Waals surface area (Å²) in [5.74, 6) is -0.253. The Morgan fingerprint density at radius 2 is 2.43 bits per heavy atom. The fourth-order valence-electron chi connectivity index (χ4n) is 1.63. The quantitative estimate of drug-likeness (QED) is 0.721. The van der Waals surface area contributed by atoms with E-state index in [9.17, 15) is 4.79 Å². The van der Waals surface area contributed by atoms with Crippen molar-refractivity contribution in [1.29, 1.82) is 0 Å². The van der Waals surface area contributed by atoms with Gasteiger partial charge in [-0.1, -0.05) is 23.7 Å². The monoisotopic (exact) mass is 211 g/mol. The maximum atomic E-state index is 11.3. The third kappa shape index (κ3) is 1.44. The molecule has 1 N–H and O–H groups in total. The van der Waals surface area contributed by atoms with Crippen LogP contribution >= 0.6 is 11.6 Å². The van der Waals surface area contributed by atoms with E-state index in [1.54, 1.807) is 6.07 Å². The van der Waals surface area contributed by atoms with Crippen LogP contribution in [0.1, 0.15) is 5.56 Å². The van der Waals surface area contributed by atoms with Gasteiger partial charge in [0.05, 0.1) is 17.8 Å². The number of esters is 1. The lowest BCUT2D eigenvalue weighted by Gasteiger charge is -2.08. The molecule has 1 aromatic carbocycles. The third-order valence-corrected chi connectivity index (χ3v) is 2.64. The predicted molar refractivity (Wildman–Crippen MR) is 54.6 cm³/mol. The highest BCUT2D eigenvalue weighted by atomic mass is 35.5. The van der Waals surface area contributed by atoms with Crippen LogP contribution in [0, 0.1) is 0 Å². The lowest BCUT2D eigenvalue weighted by molar-refractivity contribution is -0.141. The zero-order chi connectivity index (χ0) is 10.1. The molecule has 0 aromatic heterocycles. The minimum Gasteiger partial charge on any atom is -0.467 e. The molecule has 1 unspecified atom stereocenters. The third-order valence-electron chi connectivity index (χ3n) is 2.33. The van der Waals surface area contributed by atoms with Gasteiger partial charge in [-0.15, -0.1) is 0 Å². The molecule has 0 spiro atoms. The SMILES string of the molecule is COC(=O)C1Cc2cccc(Cl)c2N1. The first kappa shape index (κ1) is 9.34. The molecule has 0 saturated heterocycles. The molecule has 1 aliphatic rings. The van der Waals surface area contributed by atoms with Crippen molar-refractivity contribution < 1.29 is 9.53 Å². The molecule has 0 radical (unpaired) electrons. The Morgan fingerprint density at radius 1 is 1.64 bits per heavy atom. The lowest BCUT2D eigenvalue weighted by atomic mass is 10.1. The van der Waals surface area contributed by atoms with E-state index in [-0.39, 0.29) is 12.0 Å². The molecule has 0 saturated carbocycles. The molecule has 74 valence electrons. The van der Waals surface area contributed by atoms with Gasteiger partial charge in [0.2, 0.25) is 0 Å². The van der Waals surface area contributed by atoms with Crippen molar-refractivity contribution in [3.63, 3.8) is 0 Å². The number of halogens is 1. The van der Waals surface area contributed by atoms with Crippen molar-refractivity contribution in [2.45, 2.75) is 12.5 Å². The summed E-state index contributed by atoms with van der Waals surface area (Å²) in [6.45, 7) is 0. The van der Waals surface area contributed by atoms with Crippen molar-refractivity contribution >= 4 is 23.3 Å². The Hall–Kier alpha value is -1.22. The number of benzene rings is 1. The average Bonchev–Trinajstić information content (AvgIpc) is 2.62. The summed E-state index contributed by atoms with van der Waals surface area (Å²) in [5.41, 5.74) is 1.91. The van der Waals surface area contributed by atoms with E-state index < -0.39 is 0 Å². The van der Waals surface area contributed by atoms with E-state index in [2.05, 4.69) is 10.1 Å². The van der Waals surface area contributed by atoms with Gasteiger partial charge in [-0.3, -0.25) is 0 Å². The van der Waals surface area contributed by atoms with Gasteiger partial charge in [0.15, 0.2) is 0 Å². The van der Waals surface area contributed by atoms with Crippen molar-refractivity contribution in [3.8, 4) is 0 Å². The summed E-state index contributed by atoms with van der Waals surface area (Å²) in [4.78, 5) is 11.3. The first-order valence-corrected chi connectivity index (χ1v) is 4.72. The van der Waals surface area contributed by atoms with Crippen LogP contribution in [0.25, 0.3) is 0 Å². The molecule has 1 aromatic rings. The molecule has 14 heavy (non-hydrogen) atoms. The molecule has 0 amide bonds. The molecule has 1 aliphatic heterocycles. The molecular formula is C10H10ClNO2. The Balaban J connectivity index is 2.26. The Labute approximate surface area is 87.0 Å². The number of rotatable bonds is 1. The maximum Gasteiger partial charge on any atom is 0.328 e. The van der Waals surface area contributed by atoms with Gasteiger partial charge in [0.1, 0.15) is 6.04 Å². The smallest absolute Gasteiger partial charge is 0.328 e. The van der Waals surface area contributed by atoms with Crippen molar-refractivity contribution in [3.05, 3.63) is 28.8 Å². The van der Waals surface area contributed by atoms with Crippen LogP contribution in [0.4, 0.5) is 5.69 Å². The zero-order valence-corrected chi connectivity index (χ0v) is 8.47. The van der Waals surface area contributed by atoms with E-state index in [4.69, 9.17) is 11.6 Å². The van der Waals surface area contributed by atoms with E-state index in [0.29, 0.717) is 11.4 Å². The van der Waals surface area contributed by atoms with E-state index in [1.807, 2.05) is 12.1 Å². The van der Waals surface area contributed by atoms with Crippen molar-refractivity contribution in [2.24, 2.45) is 0 Å². The second-order valence-corrected chi connectivity index (χ2v) is 3.61. The molecule has 0 aliphatic carbocycles. The number of carbonyl (C=O) groups excluding carboxylic acids is 1. The number of carbonyl (C=O) groups is 1. The van der Waals surface area contributed by atoms with Crippen LogP contribution < -0.4 is 5.32 Å². The van der Waals surface area contributed by atoms with Crippen molar-refractivity contribution in [2.75, 3.05) is 12.4 Å². The number of ether oxygens (including phenoxy) is 1. The summed E-state index contributed by atoms with van der Waals surface area (Å²) < 4.78 is 4.66. The Morgan fingerprint density at radius 3 is 3.07 bits per heavy atom. The summed E-state index contributed by atoms with van der Waals surface area (Å²) in [6.07, 6.45) is 0.641. The Kier molecular flexibility index (Phi) is 2.33. The largest absolute Gasteiger partial charge is 0.467 e. The minimum absolute atomic E-state index is 0.253. The van der Waals surface area contributed by atoms with Crippen LogP contribution in [0.15, 0.2) is 18.2 Å². The molecule has 1 heterocycles. The van der Waals surface area contributed by atoms with Crippen LogP contribution in [-0.2, 0) is 16.0 Å². The van der Waals surface area contributed by atoms with Gasteiger partial charge in [-0.05, 0) is 11.6 Å². The van der Waals surface area contributed by atoms with Crippen LogP contribution in [0.3, 0.4) is 0 Å². The summed E-state index contributed by atoms with van der Waals surface area (Å²) in [5, 5.41) is 3.69. The second kappa shape index (κ2) is 3.50. The summed E-state index contributed by atoms with van der Waals surface area (Å²) in [6, 6.07) is 5.34. The van der Waals surface area contributed by atoms with Crippen LogP contribution in [0.2, 0.25) is 5.02 Å². The first-order chi connectivity index (χ1) is 6.72. The zero-order valence-electron chi connectivity index (χ0n) is 7.71. The minimum atomic E-state index is -0.296. The predicted octanol–water partition coefficient (Wildman–Crippen LogP) is 1.85. The molecule has 0 bridgehead atoms. The lowest BCUT2D eigenvalue weighted by Crippen LogP contribution is -2.27.